The van der Waals surface area contributed by atoms with Gasteiger partial charge in [0.2, 0.25) is 0 Å². The molecule has 0 bridgehead atoms. The maximum absolute atomic E-state index is 13.7. The Morgan fingerprint density at radius 3 is 2.70 bits per heavy atom. The van der Waals surface area contributed by atoms with Crippen molar-refractivity contribution < 1.29 is 9.13 Å². The first-order chi connectivity index (χ1) is 17.9. The van der Waals surface area contributed by atoms with Crippen molar-refractivity contribution in [2.24, 2.45) is 5.73 Å². The minimum atomic E-state index is -0.575. The summed E-state index contributed by atoms with van der Waals surface area (Å²) in [5.74, 6) is 1.17. The summed E-state index contributed by atoms with van der Waals surface area (Å²) in [5, 5.41) is 0.485. The van der Waals surface area contributed by atoms with Crippen LogP contribution in [0.1, 0.15) is 22.9 Å². The van der Waals surface area contributed by atoms with Gasteiger partial charge in [0, 0.05) is 29.1 Å². The monoisotopic (exact) mass is 513 g/mol. The molecule has 0 amide bonds. The highest BCUT2D eigenvalue weighted by molar-refractivity contribution is 7.21. The number of nitrogens with two attached hydrogens (primary N) is 2. The number of hydrogen-bond donors (Lipinski definition) is 2. The van der Waals surface area contributed by atoms with Crippen LogP contribution in [0.3, 0.4) is 0 Å². The van der Waals surface area contributed by atoms with Gasteiger partial charge < -0.3 is 15.4 Å². The smallest absolute Gasteiger partial charge is 0.182 e. The Kier molecular flexibility index (Phi) is 5.90. The maximum Gasteiger partial charge on any atom is 0.182 e. The summed E-state index contributed by atoms with van der Waals surface area (Å²) in [7, 11) is 0. The zero-order valence-electron chi connectivity index (χ0n) is 20.0. The van der Waals surface area contributed by atoms with Gasteiger partial charge in [-0.2, -0.15) is 0 Å². The van der Waals surface area contributed by atoms with Gasteiger partial charge >= 0.3 is 0 Å². The third-order valence-electron chi connectivity index (χ3n) is 6.42. The van der Waals surface area contributed by atoms with Crippen LogP contribution in [-0.2, 0) is 6.42 Å². The fourth-order valence-electron chi connectivity index (χ4n) is 4.70. The van der Waals surface area contributed by atoms with E-state index >= 15 is 0 Å². The molecule has 6 rings (SSSR count). The van der Waals surface area contributed by atoms with E-state index < -0.39 is 6.23 Å². The molecule has 3 aromatic heterocycles. The minimum Gasteiger partial charge on any atom is -0.473 e. The van der Waals surface area contributed by atoms with Crippen molar-refractivity contribution in [2.75, 3.05) is 17.2 Å². The van der Waals surface area contributed by atoms with Crippen molar-refractivity contribution in [3.8, 4) is 16.9 Å². The Labute approximate surface area is 216 Å². The average molecular weight is 514 g/mol. The van der Waals surface area contributed by atoms with Crippen LogP contribution in [0.5, 0.6) is 5.75 Å². The number of nitrogens with zero attached hydrogens (tertiary/aromatic N) is 5. The van der Waals surface area contributed by atoms with Gasteiger partial charge in [-0.15, -0.1) is 0 Å². The van der Waals surface area contributed by atoms with E-state index in [4.69, 9.17) is 16.2 Å². The molecule has 5 aromatic rings. The number of halogens is 1. The van der Waals surface area contributed by atoms with Gasteiger partial charge in [0.25, 0.3) is 0 Å². The normalized spacial score (nSPS) is 17.3. The van der Waals surface area contributed by atoms with E-state index in [2.05, 4.69) is 30.9 Å². The first kappa shape index (κ1) is 23.3. The number of ether oxygens (including phenoxy) is 1. The fourth-order valence-corrected chi connectivity index (χ4v) is 5.35. The number of nitrogen functional groups attached to an aromatic ring is 1. The molecular formula is C27H24FN7OS. The van der Waals surface area contributed by atoms with Crippen molar-refractivity contribution in [1.82, 2.24) is 19.9 Å². The number of hydrogen-bond acceptors (Lipinski definition) is 9. The molecule has 37 heavy (non-hydrogen) atoms. The molecule has 0 fully saturated rings. The number of pyridine rings is 1. The predicted octanol–water partition coefficient (Wildman–Crippen LogP) is 4.65. The molecule has 0 radical (unpaired) electrons. The number of fused-ring (bicyclic) bond motifs is 2. The standard InChI is InChI=1S/C27H24FN7OS/c1-15-8-25(33-14-32-15)35-13-24(29)36-23-7-4-17(18-11-21-26(31-12-18)37-27(30)34-21)10-20(23)22(35)9-16-2-5-19(28)6-3-16/h2-8,10-12,14,22,24H,9,13,29H2,1H3,(H2,30,34). The average Bonchev–Trinajstić information content (AvgIpc) is 3.20. The van der Waals surface area contributed by atoms with Gasteiger partial charge in [0.1, 0.15) is 34.1 Å². The first-order valence-electron chi connectivity index (χ1n) is 11.8. The van der Waals surface area contributed by atoms with Crippen LogP contribution in [0.25, 0.3) is 21.5 Å². The molecule has 4 N–H and O–H groups in total. The fraction of sp³-hybridized carbons (Fsp3) is 0.185. The quantitative estimate of drug-likeness (QED) is 0.357. The molecule has 10 heteroatoms. The molecule has 8 nitrogen and oxygen atoms in total. The Hall–Kier alpha value is -4.15. The molecule has 0 saturated carbocycles. The summed E-state index contributed by atoms with van der Waals surface area (Å²) >= 11 is 1.36. The maximum atomic E-state index is 13.7. The zero-order valence-corrected chi connectivity index (χ0v) is 20.8. The molecule has 2 atom stereocenters. The van der Waals surface area contributed by atoms with E-state index in [9.17, 15) is 4.39 Å². The summed E-state index contributed by atoms with van der Waals surface area (Å²) in [5.41, 5.74) is 17.7. The van der Waals surface area contributed by atoms with Crippen LogP contribution in [-0.4, -0.2) is 32.7 Å². The number of anilines is 2. The lowest BCUT2D eigenvalue weighted by Gasteiger charge is -2.32. The summed E-state index contributed by atoms with van der Waals surface area (Å²) in [6.45, 7) is 2.34. The van der Waals surface area contributed by atoms with Gasteiger partial charge in [0.15, 0.2) is 11.4 Å². The third-order valence-corrected chi connectivity index (χ3v) is 7.23. The van der Waals surface area contributed by atoms with Gasteiger partial charge in [-0.05, 0) is 54.8 Å². The van der Waals surface area contributed by atoms with Gasteiger partial charge in [-0.3, -0.25) is 5.73 Å². The van der Waals surface area contributed by atoms with Crippen LogP contribution in [0.15, 0.2) is 67.1 Å². The van der Waals surface area contributed by atoms with Crippen molar-refractivity contribution >= 4 is 32.6 Å². The highest BCUT2D eigenvalue weighted by Crippen LogP contribution is 2.40. The highest BCUT2D eigenvalue weighted by atomic mass is 32.1. The largest absolute Gasteiger partial charge is 0.473 e. The molecule has 4 heterocycles. The molecular weight excluding hydrogens is 489 g/mol. The van der Waals surface area contributed by atoms with Crippen LogP contribution in [0.2, 0.25) is 0 Å². The van der Waals surface area contributed by atoms with E-state index in [0.717, 1.165) is 44.1 Å². The van der Waals surface area contributed by atoms with Crippen molar-refractivity contribution in [2.45, 2.75) is 25.6 Å². The molecule has 0 saturated heterocycles. The van der Waals surface area contributed by atoms with Crippen LogP contribution >= 0.6 is 11.3 Å². The highest BCUT2D eigenvalue weighted by Gasteiger charge is 2.31. The summed E-state index contributed by atoms with van der Waals surface area (Å²) in [6, 6.07) is 16.3. The van der Waals surface area contributed by atoms with Gasteiger partial charge in [-0.25, -0.2) is 24.3 Å². The Balaban J connectivity index is 1.49. The number of aryl methyl sites for hydroxylation is 1. The van der Waals surface area contributed by atoms with E-state index in [1.54, 1.807) is 18.5 Å². The molecule has 0 spiro atoms. The van der Waals surface area contributed by atoms with Crippen LogP contribution in [0, 0.1) is 12.7 Å². The van der Waals surface area contributed by atoms with Crippen molar-refractivity contribution in [3.63, 3.8) is 0 Å². The van der Waals surface area contributed by atoms with E-state index in [1.165, 1.54) is 23.5 Å². The lowest BCUT2D eigenvalue weighted by molar-refractivity contribution is 0.220. The molecule has 186 valence electrons. The van der Waals surface area contributed by atoms with E-state index in [-0.39, 0.29) is 11.9 Å². The zero-order chi connectivity index (χ0) is 25.5. The van der Waals surface area contributed by atoms with E-state index in [1.807, 2.05) is 37.4 Å². The number of aromatic nitrogens is 4. The molecule has 2 aromatic carbocycles. The summed E-state index contributed by atoms with van der Waals surface area (Å²) < 4.78 is 19.9. The van der Waals surface area contributed by atoms with Crippen LogP contribution < -0.4 is 21.1 Å². The summed E-state index contributed by atoms with van der Waals surface area (Å²) in [6.07, 6.45) is 3.39. The van der Waals surface area contributed by atoms with Gasteiger partial charge in [0.05, 0.1) is 12.6 Å². The lowest BCUT2D eigenvalue weighted by Crippen LogP contribution is -2.41. The minimum absolute atomic E-state index is 0.185. The van der Waals surface area contributed by atoms with Crippen LogP contribution in [0.4, 0.5) is 15.3 Å². The molecule has 0 aliphatic carbocycles. The molecule has 1 aliphatic heterocycles. The number of benzene rings is 2. The topological polar surface area (TPSA) is 116 Å². The van der Waals surface area contributed by atoms with Gasteiger partial charge in [-0.1, -0.05) is 29.5 Å². The lowest BCUT2D eigenvalue weighted by atomic mass is 9.93. The van der Waals surface area contributed by atoms with E-state index in [0.29, 0.717) is 23.8 Å². The Bertz CT molecular complexity index is 1590. The summed E-state index contributed by atoms with van der Waals surface area (Å²) in [4.78, 5) is 20.7. The first-order valence-corrected chi connectivity index (χ1v) is 12.6. The second kappa shape index (κ2) is 9.38. The second-order valence-corrected chi connectivity index (χ2v) is 10.0. The second-order valence-electron chi connectivity index (χ2n) is 9.03. The SMILES string of the molecule is Cc1cc(N2CC(N)Oc3ccc(-c4cnc5sc(N)nc5c4)cc3C2Cc2ccc(F)cc2)ncn1. The Morgan fingerprint density at radius 1 is 1.05 bits per heavy atom. The van der Waals surface area contributed by atoms with Crippen molar-refractivity contribution in [1.29, 1.82) is 0 Å². The Morgan fingerprint density at radius 2 is 1.89 bits per heavy atom. The van der Waals surface area contributed by atoms with Crippen molar-refractivity contribution in [3.05, 3.63) is 89.8 Å². The molecule has 1 aliphatic rings. The third kappa shape index (κ3) is 4.68. The number of rotatable bonds is 4. The predicted molar refractivity (Wildman–Crippen MR) is 143 cm³/mol. The number of thiazole rings is 1. The molecule has 2 unspecified atom stereocenters.